The number of carbonyl (C=O) groups excluding carboxylic acids is 1. The minimum Gasteiger partial charge on any atom is -0.497 e. The highest BCUT2D eigenvalue weighted by Gasteiger charge is 2.17. The fourth-order valence-corrected chi connectivity index (χ4v) is 4.23. The fraction of sp³-hybridized carbons (Fsp3) is 0.208. The Kier molecular flexibility index (Phi) is 7.55. The van der Waals surface area contributed by atoms with Crippen LogP contribution >= 0.6 is 0 Å². The van der Waals surface area contributed by atoms with Gasteiger partial charge < -0.3 is 14.8 Å². The molecule has 2 N–H and O–H groups in total. The van der Waals surface area contributed by atoms with Gasteiger partial charge in [0.05, 0.1) is 18.0 Å². The van der Waals surface area contributed by atoms with Crippen molar-refractivity contribution in [2.75, 3.05) is 18.4 Å². The maximum absolute atomic E-state index is 13.0. The van der Waals surface area contributed by atoms with Crippen molar-refractivity contribution in [3.63, 3.8) is 0 Å². The van der Waals surface area contributed by atoms with Crippen molar-refractivity contribution < 1.29 is 27.1 Å². The molecule has 0 saturated carbocycles. The van der Waals surface area contributed by atoms with Crippen LogP contribution in [0.25, 0.3) is 0 Å². The third-order valence-corrected chi connectivity index (χ3v) is 6.28. The fourth-order valence-electron chi connectivity index (χ4n) is 3.09. The van der Waals surface area contributed by atoms with Gasteiger partial charge in [0, 0.05) is 5.69 Å². The summed E-state index contributed by atoms with van der Waals surface area (Å²) in [6.45, 7) is 3.32. The van der Waals surface area contributed by atoms with Crippen LogP contribution in [0.5, 0.6) is 11.5 Å². The summed E-state index contributed by atoms with van der Waals surface area (Å²) >= 11 is 0. The maximum atomic E-state index is 13.0. The zero-order valence-electron chi connectivity index (χ0n) is 18.5. The molecule has 0 spiro atoms. The molecule has 0 bridgehead atoms. The Hall–Kier alpha value is -3.59. The predicted molar refractivity (Wildman–Crippen MR) is 123 cm³/mol. The van der Waals surface area contributed by atoms with Crippen LogP contribution < -0.4 is 19.5 Å². The Morgan fingerprint density at radius 1 is 1.03 bits per heavy atom. The van der Waals surface area contributed by atoms with E-state index in [9.17, 15) is 17.6 Å². The molecule has 0 saturated heterocycles. The Morgan fingerprint density at radius 2 is 1.70 bits per heavy atom. The van der Waals surface area contributed by atoms with Crippen LogP contribution in [-0.2, 0) is 14.8 Å². The molecule has 0 radical (unpaired) electrons. The van der Waals surface area contributed by atoms with Crippen LogP contribution in [0.4, 0.5) is 10.1 Å². The van der Waals surface area contributed by atoms with Crippen LogP contribution in [0.3, 0.4) is 0 Å². The van der Waals surface area contributed by atoms with Crippen LogP contribution in [0.15, 0.2) is 71.6 Å². The van der Waals surface area contributed by atoms with Gasteiger partial charge in [0.1, 0.15) is 17.3 Å². The molecular formula is C24H25FN2O5S. The summed E-state index contributed by atoms with van der Waals surface area (Å²) in [7, 11) is -2.28. The largest absolute Gasteiger partial charge is 0.497 e. The van der Waals surface area contributed by atoms with E-state index < -0.39 is 15.8 Å². The van der Waals surface area contributed by atoms with Crippen LogP contribution in [0, 0.1) is 12.7 Å². The van der Waals surface area contributed by atoms with Gasteiger partial charge in [-0.15, -0.1) is 0 Å². The minimum atomic E-state index is -3.86. The Bertz CT molecular complexity index is 1210. The second kappa shape index (κ2) is 10.4. The van der Waals surface area contributed by atoms with Gasteiger partial charge in [-0.2, -0.15) is 0 Å². The van der Waals surface area contributed by atoms with Crippen molar-refractivity contribution in [1.29, 1.82) is 0 Å². The molecule has 0 aliphatic heterocycles. The molecule has 7 nitrogen and oxygen atoms in total. The number of methoxy groups -OCH3 is 1. The minimum absolute atomic E-state index is 0.0225. The highest BCUT2D eigenvalue weighted by molar-refractivity contribution is 7.92. The quantitative estimate of drug-likeness (QED) is 0.487. The molecule has 0 unspecified atom stereocenters. The molecule has 0 aromatic heterocycles. The number of aryl methyl sites for hydroxylation is 1. The summed E-state index contributed by atoms with van der Waals surface area (Å²) in [5.41, 5.74) is 1.72. The Morgan fingerprint density at radius 3 is 2.30 bits per heavy atom. The standard InChI is InChI=1S/C24H25FN2O5S/c1-16-14-22(33(29,30)27-20-8-6-19(25)7-9-20)12-13-23(16)32-15-24(28)26-17(2)18-4-10-21(31-3)11-5-18/h4-14,17,27H,15H2,1-3H3,(H,26,28)/t17-/m1/s1. The molecule has 1 amide bonds. The lowest BCUT2D eigenvalue weighted by Crippen LogP contribution is -2.31. The zero-order valence-corrected chi connectivity index (χ0v) is 19.3. The van der Waals surface area contributed by atoms with Gasteiger partial charge in [-0.1, -0.05) is 12.1 Å². The number of amides is 1. The highest BCUT2D eigenvalue weighted by atomic mass is 32.2. The number of rotatable bonds is 9. The van der Waals surface area contributed by atoms with Gasteiger partial charge in [-0.25, -0.2) is 12.8 Å². The van der Waals surface area contributed by atoms with Gasteiger partial charge in [0.15, 0.2) is 6.61 Å². The first-order chi connectivity index (χ1) is 15.7. The van der Waals surface area contributed by atoms with E-state index >= 15 is 0 Å². The number of anilines is 1. The summed E-state index contributed by atoms with van der Waals surface area (Å²) in [6.07, 6.45) is 0. The van der Waals surface area contributed by atoms with Crippen LogP contribution in [0.1, 0.15) is 24.1 Å². The molecule has 0 fully saturated rings. The molecule has 0 aliphatic carbocycles. The van der Waals surface area contributed by atoms with Gasteiger partial charge >= 0.3 is 0 Å². The SMILES string of the molecule is COc1ccc([C@@H](C)NC(=O)COc2ccc(S(=O)(=O)Nc3ccc(F)cc3)cc2C)cc1. The van der Waals surface area contributed by atoms with E-state index in [4.69, 9.17) is 9.47 Å². The molecule has 33 heavy (non-hydrogen) atoms. The average Bonchev–Trinajstić information content (AvgIpc) is 2.79. The summed E-state index contributed by atoms with van der Waals surface area (Å²) in [5, 5.41) is 2.85. The van der Waals surface area contributed by atoms with Crippen molar-refractivity contribution in [2.24, 2.45) is 0 Å². The van der Waals surface area contributed by atoms with Crippen molar-refractivity contribution in [2.45, 2.75) is 24.8 Å². The third kappa shape index (κ3) is 6.45. The van der Waals surface area contributed by atoms with Gasteiger partial charge in [0.2, 0.25) is 0 Å². The Labute approximate surface area is 192 Å². The van der Waals surface area contributed by atoms with E-state index in [1.165, 1.54) is 42.5 Å². The smallest absolute Gasteiger partial charge is 0.261 e. The molecule has 174 valence electrons. The monoisotopic (exact) mass is 472 g/mol. The van der Waals surface area contributed by atoms with Crippen LogP contribution in [0.2, 0.25) is 0 Å². The molecule has 3 rings (SSSR count). The third-order valence-electron chi connectivity index (χ3n) is 4.91. The molecule has 3 aromatic carbocycles. The molecule has 0 heterocycles. The number of nitrogens with one attached hydrogen (secondary N) is 2. The molecule has 3 aromatic rings. The molecule has 9 heteroatoms. The number of halogens is 1. The van der Waals surface area contributed by atoms with Gasteiger partial charge in [-0.05, 0) is 79.6 Å². The maximum Gasteiger partial charge on any atom is 0.261 e. The van der Waals surface area contributed by atoms with Crippen LogP contribution in [-0.4, -0.2) is 28.0 Å². The van der Waals surface area contributed by atoms with E-state index in [0.717, 1.165) is 11.3 Å². The van der Waals surface area contributed by atoms with Gasteiger partial charge in [-0.3, -0.25) is 9.52 Å². The predicted octanol–water partition coefficient (Wildman–Crippen LogP) is 4.20. The van der Waals surface area contributed by atoms with Crippen molar-refractivity contribution >= 4 is 21.6 Å². The second-order valence-corrected chi connectivity index (χ2v) is 9.07. The van der Waals surface area contributed by atoms with Gasteiger partial charge in [0.25, 0.3) is 15.9 Å². The van der Waals surface area contributed by atoms with E-state index in [-0.39, 0.29) is 29.1 Å². The number of sulfonamides is 1. The summed E-state index contributed by atoms with van der Waals surface area (Å²) in [6, 6.07) is 16.5. The first kappa shape index (κ1) is 24.1. The molecule has 1 atom stereocenters. The van der Waals surface area contributed by atoms with E-state index in [0.29, 0.717) is 11.3 Å². The molecule has 0 aliphatic rings. The first-order valence-corrected chi connectivity index (χ1v) is 11.6. The van der Waals surface area contributed by atoms with E-state index in [1.54, 1.807) is 14.0 Å². The van der Waals surface area contributed by atoms with Crippen molar-refractivity contribution in [3.05, 3.63) is 83.7 Å². The second-order valence-electron chi connectivity index (χ2n) is 7.39. The lowest BCUT2D eigenvalue weighted by atomic mass is 10.1. The number of benzene rings is 3. The number of hydrogen-bond acceptors (Lipinski definition) is 5. The first-order valence-electron chi connectivity index (χ1n) is 10.1. The lowest BCUT2D eigenvalue weighted by molar-refractivity contribution is -0.123. The van der Waals surface area contributed by atoms with E-state index in [1.807, 2.05) is 31.2 Å². The Balaban J connectivity index is 1.59. The average molecular weight is 473 g/mol. The summed E-state index contributed by atoms with van der Waals surface area (Å²) in [4.78, 5) is 12.3. The topological polar surface area (TPSA) is 93.7 Å². The van der Waals surface area contributed by atoms with Crippen molar-refractivity contribution in [3.8, 4) is 11.5 Å². The van der Waals surface area contributed by atoms with E-state index in [2.05, 4.69) is 10.0 Å². The normalized spacial score (nSPS) is 12.0. The highest BCUT2D eigenvalue weighted by Crippen LogP contribution is 2.24. The summed E-state index contributed by atoms with van der Waals surface area (Å²) in [5.74, 6) is 0.350. The lowest BCUT2D eigenvalue weighted by Gasteiger charge is -2.16. The van der Waals surface area contributed by atoms with Crippen molar-refractivity contribution in [1.82, 2.24) is 5.32 Å². The summed E-state index contributed by atoms with van der Waals surface area (Å²) < 4.78 is 51.3. The number of carbonyl (C=O) groups is 1. The number of ether oxygens (including phenoxy) is 2. The number of hydrogen-bond donors (Lipinski definition) is 2. The zero-order chi connectivity index (χ0) is 24.0. The molecular weight excluding hydrogens is 447 g/mol.